The van der Waals surface area contributed by atoms with Crippen LogP contribution in [0.3, 0.4) is 0 Å². The number of carbonyl (C=O) groups is 1. The molecule has 2 aromatic carbocycles. The van der Waals surface area contributed by atoms with Gasteiger partial charge in [-0.05, 0) is 61.7 Å². The number of benzene rings is 2. The molecule has 4 rings (SSSR count). The molecule has 0 radical (unpaired) electrons. The molecular weight excluding hydrogens is 442 g/mol. The summed E-state index contributed by atoms with van der Waals surface area (Å²) < 4.78 is 29.8. The van der Waals surface area contributed by atoms with Crippen molar-refractivity contribution in [3.05, 3.63) is 57.9 Å². The molecule has 1 saturated heterocycles. The zero-order chi connectivity index (χ0) is 21.3. The normalized spacial score (nSPS) is 15.9. The molecule has 9 heteroatoms. The van der Waals surface area contributed by atoms with Crippen molar-refractivity contribution in [2.45, 2.75) is 37.6 Å². The van der Waals surface area contributed by atoms with Crippen LogP contribution in [0, 0.1) is 0 Å². The highest BCUT2D eigenvalue weighted by atomic mass is 35.5. The summed E-state index contributed by atoms with van der Waals surface area (Å²) >= 11 is 7.52. The minimum absolute atomic E-state index is 0.207. The van der Waals surface area contributed by atoms with Gasteiger partial charge in [-0.3, -0.25) is 4.79 Å². The van der Waals surface area contributed by atoms with Crippen molar-refractivity contribution in [2.24, 2.45) is 4.99 Å². The van der Waals surface area contributed by atoms with Crippen molar-refractivity contribution in [2.75, 3.05) is 13.1 Å². The van der Waals surface area contributed by atoms with E-state index >= 15 is 0 Å². The molecule has 0 bridgehead atoms. The Balaban J connectivity index is 1.67. The van der Waals surface area contributed by atoms with Crippen molar-refractivity contribution in [3.8, 4) is 0 Å². The molecule has 2 heterocycles. The molecule has 0 unspecified atom stereocenters. The van der Waals surface area contributed by atoms with Gasteiger partial charge in [0, 0.05) is 30.2 Å². The molecular formula is C21H22ClN3O3S2. The fourth-order valence-corrected chi connectivity index (χ4v) is 6.42. The Hall–Kier alpha value is -2.00. The Bertz CT molecular complexity index is 1250. The van der Waals surface area contributed by atoms with E-state index in [4.69, 9.17) is 11.6 Å². The number of nitrogens with zero attached hydrogens (tertiary/aromatic N) is 3. The zero-order valence-electron chi connectivity index (χ0n) is 16.5. The maximum atomic E-state index is 12.8. The molecule has 30 heavy (non-hydrogen) atoms. The number of hydrogen-bond donors (Lipinski definition) is 0. The molecule has 1 aliphatic heterocycles. The number of fused-ring (bicyclic) bond motifs is 1. The first-order valence-electron chi connectivity index (χ1n) is 9.88. The molecule has 6 nitrogen and oxygen atoms in total. The Morgan fingerprint density at radius 2 is 1.83 bits per heavy atom. The van der Waals surface area contributed by atoms with E-state index in [1.165, 1.54) is 39.9 Å². The Kier molecular flexibility index (Phi) is 6.11. The highest BCUT2D eigenvalue weighted by Crippen LogP contribution is 2.23. The standard InChI is InChI=1S/C21H22ClN3O3S2/c1-2-11-25-18-10-7-16(22)14-19(18)29-21(25)23-20(26)15-5-8-17(9-6-15)30(27,28)24-12-3-4-13-24/h5-10,14H,2-4,11-13H2,1H3. The van der Waals surface area contributed by atoms with Crippen molar-refractivity contribution in [1.82, 2.24) is 8.87 Å². The van der Waals surface area contributed by atoms with Crippen molar-refractivity contribution in [1.29, 1.82) is 0 Å². The van der Waals surface area contributed by atoms with E-state index in [1.807, 2.05) is 22.8 Å². The summed E-state index contributed by atoms with van der Waals surface area (Å²) in [6.07, 6.45) is 2.67. The van der Waals surface area contributed by atoms with Gasteiger partial charge in [-0.1, -0.05) is 29.9 Å². The van der Waals surface area contributed by atoms with Crippen LogP contribution in [0.25, 0.3) is 10.2 Å². The van der Waals surface area contributed by atoms with E-state index in [1.54, 1.807) is 0 Å². The van der Waals surface area contributed by atoms with Gasteiger partial charge >= 0.3 is 0 Å². The lowest BCUT2D eigenvalue weighted by atomic mass is 10.2. The monoisotopic (exact) mass is 463 g/mol. The number of hydrogen-bond acceptors (Lipinski definition) is 4. The van der Waals surface area contributed by atoms with Crippen LogP contribution in [0.4, 0.5) is 0 Å². The number of halogens is 1. The molecule has 0 N–H and O–H groups in total. The van der Waals surface area contributed by atoms with Crippen LogP contribution in [0.5, 0.6) is 0 Å². The molecule has 0 aliphatic carbocycles. The van der Waals surface area contributed by atoms with Gasteiger partial charge in [0.1, 0.15) is 0 Å². The van der Waals surface area contributed by atoms with Gasteiger partial charge < -0.3 is 4.57 Å². The first-order valence-corrected chi connectivity index (χ1v) is 12.5. The van der Waals surface area contributed by atoms with Crippen LogP contribution in [0.15, 0.2) is 52.4 Å². The predicted molar refractivity (Wildman–Crippen MR) is 119 cm³/mol. The van der Waals surface area contributed by atoms with Gasteiger partial charge in [0.15, 0.2) is 4.80 Å². The minimum atomic E-state index is -3.50. The first kappa shape index (κ1) is 21.2. The van der Waals surface area contributed by atoms with Crippen molar-refractivity contribution in [3.63, 3.8) is 0 Å². The molecule has 0 atom stereocenters. The first-order chi connectivity index (χ1) is 14.4. The molecule has 0 saturated carbocycles. The second-order valence-electron chi connectivity index (χ2n) is 7.20. The summed E-state index contributed by atoms with van der Waals surface area (Å²) in [5, 5.41) is 0.639. The number of carbonyl (C=O) groups excluding carboxylic acids is 1. The Morgan fingerprint density at radius 3 is 2.50 bits per heavy atom. The lowest BCUT2D eigenvalue weighted by Crippen LogP contribution is -2.27. The zero-order valence-corrected chi connectivity index (χ0v) is 18.9. The van der Waals surface area contributed by atoms with Crippen LogP contribution in [0.1, 0.15) is 36.5 Å². The maximum Gasteiger partial charge on any atom is 0.279 e. The lowest BCUT2D eigenvalue weighted by Gasteiger charge is -2.15. The van der Waals surface area contributed by atoms with E-state index in [0.29, 0.717) is 28.5 Å². The predicted octanol–water partition coefficient (Wildman–Crippen LogP) is 4.29. The summed E-state index contributed by atoms with van der Waals surface area (Å²) in [7, 11) is -3.50. The number of thiazole rings is 1. The molecule has 1 aromatic heterocycles. The quantitative estimate of drug-likeness (QED) is 0.566. The number of sulfonamides is 1. The van der Waals surface area contributed by atoms with Gasteiger partial charge in [0.2, 0.25) is 10.0 Å². The van der Waals surface area contributed by atoms with Crippen LogP contribution in [-0.4, -0.2) is 36.3 Å². The SMILES string of the molecule is CCCn1c(=NC(=O)c2ccc(S(=O)(=O)N3CCCC3)cc2)sc2cc(Cl)ccc21. The summed E-state index contributed by atoms with van der Waals surface area (Å²) in [4.78, 5) is 17.9. The van der Waals surface area contributed by atoms with Gasteiger partial charge in [-0.15, -0.1) is 0 Å². The molecule has 0 spiro atoms. The third-order valence-corrected chi connectivity index (χ3v) is 8.28. The van der Waals surface area contributed by atoms with E-state index < -0.39 is 15.9 Å². The second kappa shape index (κ2) is 8.63. The van der Waals surface area contributed by atoms with Gasteiger partial charge in [0.25, 0.3) is 5.91 Å². The number of rotatable bonds is 5. The average Bonchev–Trinajstić information content (AvgIpc) is 3.38. The highest BCUT2D eigenvalue weighted by molar-refractivity contribution is 7.89. The van der Waals surface area contributed by atoms with Gasteiger partial charge in [-0.25, -0.2) is 8.42 Å². The number of amides is 1. The lowest BCUT2D eigenvalue weighted by molar-refractivity contribution is 0.0997. The summed E-state index contributed by atoms with van der Waals surface area (Å²) in [5.74, 6) is -0.400. The number of aromatic nitrogens is 1. The summed E-state index contributed by atoms with van der Waals surface area (Å²) in [6, 6.07) is 11.7. The summed E-state index contributed by atoms with van der Waals surface area (Å²) in [6.45, 7) is 3.90. The Labute approximate surface area is 184 Å². The fourth-order valence-electron chi connectivity index (χ4n) is 3.57. The number of aryl methyl sites for hydroxylation is 1. The average molecular weight is 464 g/mol. The van der Waals surface area contributed by atoms with E-state index in [9.17, 15) is 13.2 Å². The van der Waals surface area contributed by atoms with E-state index in [-0.39, 0.29) is 4.90 Å². The van der Waals surface area contributed by atoms with Gasteiger partial charge in [-0.2, -0.15) is 9.30 Å². The Morgan fingerprint density at radius 1 is 1.13 bits per heavy atom. The second-order valence-corrected chi connectivity index (χ2v) is 10.6. The van der Waals surface area contributed by atoms with Crippen LogP contribution >= 0.6 is 22.9 Å². The largest absolute Gasteiger partial charge is 0.316 e. The van der Waals surface area contributed by atoms with Crippen LogP contribution < -0.4 is 4.80 Å². The van der Waals surface area contributed by atoms with Crippen molar-refractivity contribution < 1.29 is 13.2 Å². The van der Waals surface area contributed by atoms with E-state index in [0.717, 1.165) is 36.0 Å². The smallest absolute Gasteiger partial charge is 0.279 e. The maximum absolute atomic E-state index is 12.8. The van der Waals surface area contributed by atoms with E-state index in [2.05, 4.69) is 11.9 Å². The molecule has 1 amide bonds. The molecule has 1 aliphatic rings. The third kappa shape index (κ3) is 4.09. The third-order valence-electron chi connectivity index (χ3n) is 5.09. The fraction of sp³-hybridized carbons (Fsp3) is 0.333. The highest BCUT2D eigenvalue weighted by Gasteiger charge is 2.27. The summed E-state index contributed by atoms with van der Waals surface area (Å²) in [5.41, 5.74) is 1.35. The minimum Gasteiger partial charge on any atom is -0.316 e. The van der Waals surface area contributed by atoms with Crippen LogP contribution in [-0.2, 0) is 16.6 Å². The molecule has 158 valence electrons. The van der Waals surface area contributed by atoms with Crippen molar-refractivity contribution >= 4 is 49.1 Å². The molecule has 3 aromatic rings. The van der Waals surface area contributed by atoms with Crippen LogP contribution in [0.2, 0.25) is 5.02 Å². The molecule has 1 fully saturated rings. The van der Waals surface area contributed by atoms with Gasteiger partial charge in [0.05, 0.1) is 15.1 Å². The topological polar surface area (TPSA) is 71.7 Å².